The summed E-state index contributed by atoms with van der Waals surface area (Å²) in [6.45, 7) is 0. The highest BCUT2D eigenvalue weighted by atomic mass is 19.1. The molecule has 3 rings (SSSR count). The number of ether oxygens (including phenoxy) is 2. The number of rotatable bonds is 4. The SMILES string of the molecule is COc1cc(OC)cc(-c2nc(-c3ccc(F)cn3)no2)c1. The molecule has 112 valence electrons. The Morgan fingerprint density at radius 3 is 2.36 bits per heavy atom. The first-order valence-corrected chi connectivity index (χ1v) is 6.38. The lowest BCUT2D eigenvalue weighted by Gasteiger charge is -2.05. The van der Waals surface area contributed by atoms with Crippen LogP contribution in [-0.4, -0.2) is 29.3 Å². The van der Waals surface area contributed by atoms with Crippen molar-refractivity contribution in [2.24, 2.45) is 0 Å². The summed E-state index contributed by atoms with van der Waals surface area (Å²) < 4.78 is 28.5. The van der Waals surface area contributed by atoms with E-state index in [9.17, 15) is 4.39 Å². The number of hydrogen-bond acceptors (Lipinski definition) is 6. The van der Waals surface area contributed by atoms with Gasteiger partial charge in [0, 0.05) is 11.6 Å². The molecule has 22 heavy (non-hydrogen) atoms. The van der Waals surface area contributed by atoms with Gasteiger partial charge in [0.25, 0.3) is 5.89 Å². The fourth-order valence-corrected chi connectivity index (χ4v) is 1.88. The molecular formula is C15H12FN3O3. The molecular weight excluding hydrogens is 289 g/mol. The Kier molecular flexibility index (Phi) is 3.69. The maximum absolute atomic E-state index is 12.9. The molecule has 2 heterocycles. The average Bonchev–Trinajstić information content (AvgIpc) is 3.05. The monoisotopic (exact) mass is 301 g/mol. The van der Waals surface area contributed by atoms with E-state index in [2.05, 4.69) is 15.1 Å². The molecule has 0 fully saturated rings. The van der Waals surface area contributed by atoms with Crippen LogP contribution in [0.4, 0.5) is 4.39 Å². The highest BCUT2D eigenvalue weighted by Crippen LogP contribution is 2.29. The molecule has 0 atom stereocenters. The molecule has 0 aliphatic heterocycles. The van der Waals surface area contributed by atoms with Gasteiger partial charge in [0.2, 0.25) is 5.82 Å². The van der Waals surface area contributed by atoms with Crippen molar-refractivity contribution in [2.45, 2.75) is 0 Å². The van der Waals surface area contributed by atoms with Crippen molar-refractivity contribution in [1.82, 2.24) is 15.1 Å². The first-order chi connectivity index (χ1) is 10.7. The molecule has 0 amide bonds. The van der Waals surface area contributed by atoms with Crippen LogP contribution in [-0.2, 0) is 0 Å². The number of nitrogens with zero attached hydrogens (tertiary/aromatic N) is 3. The molecule has 0 N–H and O–H groups in total. The Labute approximate surface area is 125 Å². The summed E-state index contributed by atoms with van der Waals surface area (Å²) in [6.07, 6.45) is 1.10. The van der Waals surface area contributed by atoms with Crippen LogP contribution < -0.4 is 9.47 Å². The third-order valence-corrected chi connectivity index (χ3v) is 2.98. The summed E-state index contributed by atoms with van der Waals surface area (Å²) in [7, 11) is 3.11. The first kappa shape index (κ1) is 14.0. The van der Waals surface area contributed by atoms with E-state index in [1.165, 1.54) is 12.1 Å². The molecule has 6 nitrogen and oxygen atoms in total. The topological polar surface area (TPSA) is 70.3 Å². The standard InChI is InChI=1S/C15H12FN3O3/c1-20-11-5-9(6-12(7-11)21-2)15-18-14(19-22-15)13-4-3-10(16)8-17-13/h3-8H,1-2H3. The van der Waals surface area contributed by atoms with Gasteiger partial charge in [-0.3, -0.25) is 0 Å². The van der Waals surface area contributed by atoms with Crippen molar-refractivity contribution < 1.29 is 18.4 Å². The zero-order chi connectivity index (χ0) is 15.5. The lowest BCUT2D eigenvalue weighted by molar-refractivity contribution is 0.393. The molecule has 0 spiro atoms. The van der Waals surface area contributed by atoms with Crippen molar-refractivity contribution in [1.29, 1.82) is 0 Å². The molecule has 1 aromatic carbocycles. The zero-order valence-electron chi connectivity index (χ0n) is 11.9. The summed E-state index contributed by atoms with van der Waals surface area (Å²) in [5.74, 6) is 1.35. The number of halogens is 1. The van der Waals surface area contributed by atoms with Crippen molar-refractivity contribution in [3.63, 3.8) is 0 Å². The van der Waals surface area contributed by atoms with E-state index in [1.54, 1.807) is 32.4 Å². The zero-order valence-corrected chi connectivity index (χ0v) is 11.9. The van der Waals surface area contributed by atoms with E-state index in [-0.39, 0.29) is 5.82 Å². The highest BCUT2D eigenvalue weighted by Gasteiger charge is 2.13. The lowest BCUT2D eigenvalue weighted by atomic mass is 10.2. The Morgan fingerprint density at radius 1 is 1.05 bits per heavy atom. The fraction of sp³-hybridized carbons (Fsp3) is 0.133. The van der Waals surface area contributed by atoms with E-state index in [0.29, 0.717) is 28.6 Å². The Balaban J connectivity index is 1.98. The fourth-order valence-electron chi connectivity index (χ4n) is 1.88. The summed E-state index contributed by atoms with van der Waals surface area (Å²) in [6, 6.07) is 8.00. The number of hydrogen-bond donors (Lipinski definition) is 0. The van der Waals surface area contributed by atoms with E-state index in [0.717, 1.165) is 6.20 Å². The van der Waals surface area contributed by atoms with Crippen LogP contribution in [0.1, 0.15) is 0 Å². The second kappa shape index (κ2) is 5.80. The number of pyridine rings is 1. The van der Waals surface area contributed by atoms with Crippen LogP contribution in [0.25, 0.3) is 23.0 Å². The quantitative estimate of drug-likeness (QED) is 0.738. The molecule has 0 saturated heterocycles. The molecule has 3 aromatic rings. The van der Waals surface area contributed by atoms with Crippen LogP contribution in [0.5, 0.6) is 11.5 Å². The molecule has 0 aliphatic carbocycles. The maximum atomic E-state index is 12.9. The minimum atomic E-state index is -0.426. The lowest BCUT2D eigenvalue weighted by Crippen LogP contribution is -1.89. The van der Waals surface area contributed by atoms with Crippen LogP contribution >= 0.6 is 0 Å². The minimum absolute atomic E-state index is 0.275. The van der Waals surface area contributed by atoms with Crippen molar-refractivity contribution in [2.75, 3.05) is 14.2 Å². The van der Waals surface area contributed by atoms with E-state index >= 15 is 0 Å². The van der Waals surface area contributed by atoms with Gasteiger partial charge in [-0.1, -0.05) is 5.16 Å². The normalized spacial score (nSPS) is 10.5. The maximum Gasteiger partial charge on any atom is 0.258 e. The van der Waals surface area contributed by atoms with Gasteiger partial charge >= 0.3 is 0 Å². The van der Waals surface area contributed by atoms with Crippen LogP contribution in [0.2, 0.25) is 0 Å². The number of benzene rings is 1. The molecule has 0 radical (unpaired) electrons. The molecule has 0 saturated carbocycles. The van der Waals surface area contributed by atoms with E-state index in [1.807, 2.05) is 0 Å². The summed E-state index contributed by atoms with van der Waals surface area (Å²) >= 11 is 0. The third-order valence-electron chi connectivity index (χ3n) is 2.98. The van der Waals surface area contributed by atoms with Crippen LogP contribution in [0, 0.1) is 5.82 Å². The van der Waals surface area contributed by atoms with Gasteiger partial charge in [0.05, 0.1) is 20.4 Å². The molecule has 2 aromatic heterocycles. The largest absolute Gasteiger partial charge is 0.497 e. The molecule has 0 unspecified atom stereocenters. The predicted molar refractivity (Wildman–Crippen MR) is 76.0 cm³/mol. The van der Waals surface area contributed by atoms with E-state index in [4.69, 9.17) is 14.0 Å². The molecule has 0 bridgehead atoms. The summed E-state index contributed by atoms with van der Waals surface area (Å²) in [4.78, 5) is 8.17. The highest BCUT2D eigenvalue weighted by molar-refractivity contribution is 5.61. The van der Waals surface area contributed by atoms with Crippen molar-refractivity contribution in [3.05, 3.63) is 42.3 Å². The van der Waals surface area contributed by atoms with Crippen molar-refractivity contribution >= 4 is 0 Å². The third kappa shape index (κ3) is 2.73. The average molecular weight is 301 g/mol. The second-order valence-electron chi connectivity index (χ2n) is 4.39. The van der Waals surface area contributed by atoms with Gasteiger partial charge in [-0.2, -0.15) is 4.98 Å². The van der Waals surface area contributed by atoms with Crippen molar-refractivity contribution in [3.8, 4) is 34.5 Å². The van der Waals surface area contributed by atoms with Gasteiger partial charge in [0.15, 0.2) is 0 Å². The molecule has 0 aliphatic rings. The van der Waals surface area contributed by atoms with Gasteiger partial charge < -0.3 is 14.0 Å². The van der Waals surface area contributed by atoms with Crippen LogP contribution in [0.3, 0.4) is 0 Å². The second-order valence-corrected chi connectivity index (χ2v) is 4.39. The number of methoxy groups -OCH3 is 2. The van der Waals surface area contributed by atoms with Gasteiger partial charge in [-0.05, 0) is 24.3 Å². The smallest absolute Gasteiger partial charge is 0.258 e. The Morgan fingerprint density at radius 2 is 1.77 bits per heavy atom. The minimum Gasteiger partial charge on any atom is -0.497 e. The van der Waals surface area contributed by atoms with Gasteiger partial charge in [0.1, 0.15) is 23.0 Å². The van der Waals surface area contributed by atoms with Gasteiger partial charge in [-0.25, -0.2) is 9.37 Å². The Bertz CT molecular complexity index is 765. The summed E-state index contributed by atoms with van der Waals surface area (Å²) in [5.41, 5.74) is 1.07. The van der Waals surface area contributed by atoms with Gasteiger partial charge in [-0.15, -0.1) is 0 Å². The number of aromatic nitrogens is 3. The van der Waals surface area contributed by atoms with E-state index < -0.39 is 5.82 Å². The summed E-state index contributed by atoms with van der Waals surface area (Å²) in [5, 5.41) is 3.85. The van der Waals surface area contributed by atoms with Crippen LogP contribution in [0.15, 0.2) is 41.1 Å². The Hall–Kier alpha value is -2.96. The molecule has 7 heteroatoms. The first-order valence-electron chi connectivity index (χ1n) is 6.38. The predicted octanol–water partition coefficient (Wildman–Crippen LogP) is 2.95.